The van der Waals surface area contributed by atoms with Crippen molar-refractivity contribution in [3.63, 3.8) is 0 Å². The molecule has 0 aliphatic carbocycles. The molecule has 1 aliphatic rings. The predicted molar refractivity (Wildman–Crippen MR) is 77.0 cm³/mol. The summed E-state index contributed by atoms with van der Waals surface area (Å²) in [6.45, 7) is 5.57. The van der Waals surface area contributed by atoms with E-state index in [4.69, 9.17) is 4.74 Å². The Kier molecular flexibility index (Phi) is 4.59. The highest BCUT2D eigenvalue weighted by Gasteiger charge is 2.18. The smallest absolute Gasteiger partial charge is 0.176 e. The standard InChI is InChI=1S/C16H23NO2/c1-4-14(5-2)17(3)11-15(18)12-6-7-16-13(10-12)8-9-19-16/h6-7,10,14H,4-5,8-9,11H2,1-3H3. The zero-order chi connectivity index (χ0) is 13.8. The number of ether oxygens (including phenoxy) is 1. The van der Waals surface area contributed by atoms with Gasteiger partial charge < -0.3 is 4.74 Å². The maximum atomic E-state index is 12.3. The van der Waals surface area contributed by atoms with Gasteiger partial charge in [-0.3, -0.25) is 9.69 Å². The third-order valence-corrected chi connectivity index (χ3v) is 3.97. The summed E-state index contributed by atoms with van der Waals surface area (Å²) in [4.78, 5) is 14.5. The van der Waals surface area contributed by atoms with Crippen LogP contribution >= 0.6 is 0 Å². The Labute approximate surface area is 115 Å². The molecule has 0 bridgehead atoms. The molecule has 104 valence electrons. The van der Waals surface area contributed by atoms with Crippen LogP contribution in [0.25, 0.3) is 0 Å². The van der Waals surface area contributed by atoms with Gasteiger partial charge in [-0.15, -0.1) is 0 Å². The van der Waals surface area contributed by atoms with Gasteiger partial charge in [-0.05, 0) is 43.7 Å². The van der Waals surface area contributed by atoms with E-state index in [1.807, 2.05) is 25.2 Å². The van der Waals surface area contributed by atoms with Crippen molar-refractivity contribution in [3.8, 4) is 5.75 Å². The van der Waals surface area contributed by atoms with E-state index in [0.717, 1.165) is 42.7 Å². The van der Waals surface area contributed by atoms with E-state index >= 15 is 0 Å². The molecule has 0 atom stereocenters. The van der Waals surface area contributed by atoms with Crippen molar-refractivity contribution in [2.45, 2.75) is 39.2 Å². The molecule has 0 amide bonds. The van der Waals surface area contributed by atoms with E-state index in [1.54, 1.807) is 0 Å². The third-order valence-electron chi connectivity index (χ3n) is 3.97. The molecule has 0 saturated carbocycles. The Morgan fingerprint density at radius 1 is 1.37 bits per heavy atom. The molecule has 0 saturated heterocycles. The number of likely N-dealkylation sites (N-methyl/N-ethyl adjacent to an activating group) is 1. The molecule has 1 aromatic carbocycles. The van der Waals surface area contributed by atoms with Crippen molar-refractivity contribution in [1.29, 1.82) is 0 Å². The summed E-state index contributed by atoms with van der Waals surface area (Å²) < 4.78 is 5.47. The van der Waals surface area contributed by atoms with Gasteiger partial charge in [0.05, 0.1) is 13.2 Å². The summed E-state index contributed by atoms with van der Waals surface area (Å²) in [6, 6.07) is 6.28. The lowest BCUT2D eigenvalue weighted by molar-refractivity contribution is 0.0915. The van der Waals surface area contributed by atoms with E-state index in [1.165, 1.54) is 0 Å². The van der Waals surface area contributed by atoms with Crippen molar-refractivity contribution in [1.82, 2.24) is 4.90 Å². The minimum absolute atomic E-state index is 0.198. The minimum Gasteiger partial charge on any atom is -0.493 e. The molecule has 0 unspecified atom stereocenters. The minimum atomic E-state index is 0.198. The molecule has 1 heterocycles. The lowest BCUT2D eigenvalue weighted by atomic mass is 10.0. The van der Waals surface area contributed by atoms with Crippen LogP contribution in [-0.4, -0.2) is 36.9 Å². The lowest BCUT2D eigenvalue weighted by Crippen LogP contribution is -2.35. The predicted octanol–water partition coefficient (Wildman–Crippen LogP) is 2.92. The monoisotopic (exact) mass is 261 g/mol. The van der Waals surface area contributed by atoms with Crippen molar-refractivity contribution in [2.75, 3.05) is 20.2 Å². The van der Waals surface area contributed by atoms with Crippen LogP contribution in [0.4, 0.5) is 0 Å². The first-order valence-corrected chi connectivity index (χ1v) is 7.14. The molecule has 1 aliphatic heterocycles. The first-order valence-electron chi connectivity index (χ1n) is 7.14. The van der Waals surface area contributed by atoms with E-state index in [2.05, 4.69) is 18.7 Å². The van der Waals surface area contributed by atoms with Crippen LogP contribution in [-0.2, 0) is 6.42 Å². The van der Waals surface area contributed by atoms with Crippen LogP contribution in [0.5, 0.6) is 5.75 Å². The fraction of sp³-hybridized carbons (Fsp3) is 0.562. The van der Waals surface area contributed by atoms with Crippen LogP contribution in [0.1, 0.15) is 42.6 Å². The summed E-state index contributed by atoms with van der Waals surface area (Å²) in [5.74, 6) is 1.13. The fourth-order valence-electron chi connectivity index (χ4n) is 2.72. The topological polar surface area (TPSA) is 29.5 Å². The Morgan fingerprint density at radius 3 is 2.79 bits per heavy atom. The van der Waals surface area contributed by atoms with Gasteiger partial charge in [0.2, 0.25) is 0 Å². The average Bonchev–Trinajstić information content (AvgIpc) is 2.87. The van der Waals surface area contributed by atoms with Crippen LogP contribution < -0.4 is 4.74 Å². The van der Waals surface area contributed by atoms with Gasteiger partial charge in [0.25, 0.3) is 0 Å². The van der Waals surface area contributed by atoms with E-state index in [9.17, 15) is 4.79 Å². The van der Waals surface area contributed by atoms with Crippen molar-refractivity contribution < 1.29 is 9.53 Å². The molecular formula is C16H23NO2. The number of ketones is 1. The van der Waals surface area contributed by atoms with Crippen molar-refractivity contribution in [3.05, 3.63) is 29.3 Å². The SMILES string of the molecule is CCC(CC)N(C)CC(=O)c1ccc2c(c1)CCO2. The average molecular weight is 261 g/mol. The summed E-state index contributed by atoms with van der Waals surface area (Å²) in [5.41, 5.74) is 1.97. The Bertz CT molecular complexity index is 452. The first kappa shape index (κ1) is 14.1. The van der Waals surface area contributed by atoms with Gasteiger partial charge in [-0.2, -0.15) is 0 Å². The molecule has 2 rings (SSSR count). The number of carbonyl (C=O) groups excluding carboxylic acids is 1. The van der Waals surface area contributed by atoms with Crippen LogP contribution in [0.15, 0.2) is 18.2 Å². The normalized spacial score (nSPS) is 13.7. The molecule has 0 fully saturated rings. The lowest BCUT2D eigenvalue weighted by Gasteiger charge is -2.25. The molecule has 0 spiro atoms. The summed E-state index contributed by atoms with van der Waals surface area (Å²) in [7, 11) is 2.03. The van der Waals surface area contributed by atoms with Crippen LogP contribution in [0, 0.1) is 0 Å². The highest BCUT2D eigenvalue weighted by molar-refractivity contribution is 5.98. The number of nitrogens with zero attached hydrogens (tertiary/aromatic N) is 1. The molecule has 3 heteroatoms. The second-order valence-corrected chi connectivity index (χ2v) is 5.23. The number of benzene rings is 1. The van der Waals surface area contributed by atoms with Crippen LogP contribution in [0.2, 0.25) is 0 Å². The van der Waals surface area contributed by atoms with E-state index in [0.29, 0.717) is 12.6 Å². The Balaban J connectivity index is 2.04. The molecular weight excluding hydrogens is 238 g/mol. The molecule has 0 N–H and O–H groups in total. The van der Waals surface area contributed by atoms with Gasteiger partial charge in [-0.1, -0.05) is 13.8 Å². The zero-order valence-corrected chi connectivity index (χ0v) is 12.1. The summed E-state index contributed by atoms with van der Waals surface area (Å²) >= 11 is 0. The van der Waals surface area contributed by atoms with Crippen molar-refractivity contribution in [2.24, 2.45) is 0 Å². The highest BCUT2D eigenvalue weighted by atomic mass is 16.5. The molecule has 3 nitrogen and oxygen atoms in total. The number of fused-ring (bicyclic) bond motifs is 1. The highest BCUT2D eigenvalue weighted by Crippen LogP contribution is 2.26. The van der Waals surface area contributed by atoms with Crippen LogP contribution in [0.3, 0.4) is 0 Å². The number of carbonyl (C=O) groups is 1. The number of hydrogen-bond acceptors (Lipinski definition) is 3. The third kappa shape index (κ3) is 3.16. The maximum absolute atomic E-state index is 12.3. The van der Waals surface area contributed by atoms with E-state index < -0.39 is 0 Å². The van der Waals surface area contributed by atoms with Gasteiger partial charge in [0.1, 0.15) is 5.75 Å². The summed E-state index contributed by atoms with van der Waals surface area (Å²) in [6.07, 6.45) is 3.08. The molecule has 0 aromatic heterocycles. The second-order valence-electron chi connectivity index (χ2n) is 5.23. The largest absolute Gasteiger partial charge is 0.493 e. The zero-order valence-electron chi connectivity index (χ0n) is 12.1. The van der Waals surface area contributed by atoms with E-state index in [-0.39, 0.29) is 5.78 Å². The maximum Gasteiger partial charge on any atom is 0.176 e. The Hall–Kier alpha value is -1.35. The second kappa shape index (κ2) is 6.20. The number of hydrogen-bond donors (Lipinski definition) is 0. The van der Waals surface area contributed by atoms with Gasteiger partial charge in [0.15, 0.2) is 5.78 Å². The molecule has 0 radical (unpaired) electrons. The van der Waals surface area contributed by atoms with Gasteiger partial charge >= 0.3 is 0 Å². The molecule has 1 aromatic rings. The first-order chi connectivity index (χ1) is 9.15. The number of rotatable bonds is 6. The van der Waals surface area contributed by atoms with Crippen molar-refractivity contribution >= 4 is 5.78 Å². The number of Topliss-reactive ketones (excluding diaryl/α,β-unsaturated/α-hetero) is 1. The fourth-order valence-corrected chi connectivity index (χ4v) is 2.72. The summed E-state index contributed by atoms with van der Waals surface area (Å²) in [5, 5.41) is 0. The quantitative estimate of drug-likeness (QED) is 0.737. The van der Waals surface area contributed by atoms with Gasteiger partial charge in [0, 0.05) is 18.0 Å². The Morgan fingerprint density at radius 2 is 2.11 bits per heavy atom. The van der Waals surface area contributed by atoms with Gasteiger partial charge in [-0.25, -0.2) is 0 Å². The molecule has 19 heavy (non-hydrogen) atoms.